The monoisotopic (exact) mass is 175 g/mol. The largest absolute Gasteiger partial charge is 0.324 e. The summed E-state index contributed by atoms with van der Waals surface area (Å²) in [6.45, 7) is 0. The number of allylic oxidation sites excluding steroid dienone is 4. The Morgan fingerprint density at radius 2 is 2.23 bits per heavy atom. The molecule has 0 fully saturated rings. The summed E-state index contributed by atoms with van der Waals surface area (Å²) < 4.78 is 0. The molecule has 2 aliphatic rings. The Morgan fingerprint density at radius 3 is 2.85 bits per heavy atom. The molecule has 0 aromatic heterocycles. The molecule has 13 heavy (non-hydrogen) atoms. The molecule has 0 heterocycles. The highest BCUT2D eigenvalue weighted by atomic mass is 14.6. The van der Waals surface area contributed by atoms with E-state index in [1.807, 2.05) is 0 Å². The molecular formula is C12H17N. The van der Waals surface area contributed by atoms with Gasteiger partial charge in [-0.15, -0.1) is 0 Å². The number of hydrogen-bond donors (Lipinski definition) is 1. The van der Waals surface area contributed by atoms with Crippen molar-refractivity contribution in [2.24, 2.45) is 11.7 Å². The lowest BCUT2D eigenvalue weighted by Crippen LogP contribution is -2.19. The van der Waals surface area contributed by atoms with E-state index in [-0.39, 0.29) is 6.04 Å². The average Bonchev–Trinajstić information content (AvgIpc) is 2.20. The lowest BCUT2D eigenvalue weighted by molar-refractivity contribution is 0.607. The van der Waals surface area contributed by atoms with Crippen LogP contribution in [-0.4, -0.2) is 6.04 Å². The van der Waals surface area contributed by atoms with Crippen molar-refractivity contribution in [3.05, 3.63) is 36.0 Å². The van der Waals surface area contributed by atoms with Crippen LogP contribution < -0.4 is 5.73 Å². The lowest BCUT2D eigenvalue weighted by Gasteiger charge is -2.21. The van der Waals surface area contributed by atoms with Crippen molar-refractivity contribution in [1.82, 2.24) is 0 Å². The zero-order valence-corrected chi connectivity index (χ0v) is 7.95. The predicted octanol–water partition coefficient (Wildman–Crippen LogP) is 2.56. The summed E-state index contributed by atoms with van der Waals surface area (Å²) in [5, 5.41) is 0. The lowest BCUT2D eigenvalue weighted by atomic mass is 9.86. The number of hydrogen-bond acceptors (Lipinski definition) is 1. The fraction of sp³-hybridized carbons (Fsp3) is 0.500. The minimum atomic E-state index is 0.247. The topological polar surface area (TPSA) is 26.0 Å². The Kier molecular flexibility index (Phi) is 2.65. The third-order valence-electron chi connectivity index (χ3n) is 2.84. The van der Waals surface area contributed by atoms with E-state index in [1.165, 1.54) is 24.8 Å². The van der Waals surface area contributed by atoms with Crippen LogP contribution in [0.5, 0.6) is 0 Å². The molecule has 2 aliphatic carbocycles. The third kappa shape index (κ3) is 2.10. The molecule has 0 aromatic rings. The van der Waals surface area contributed by atoms with Crippen molar-refractivity contribution < 1.29 is 0 Å². The van der Waals surface area contributed by atoms with E-state index < -0.39 is 0 Å². The first kappa shape index (κ1) is 8.76. The maximum absolute atomic E-state index is 5.78. The molecule has 0 bridgehead atoms. The highest BCUT2D eigenvalue weighted by Crippen LogP contribution is 2.27. The van der Waals surface area contributed by atoms with Crippen LogP contribution in [0.25, 0.3) is 0 Å². The van der Waals surface area contributed by atoms with Gasteiger partial charge >= 0.3 is 0 Å². The molecule has 2 rings (SSSR count). The Bertz CT molecular complexity index is 260. The van der Waals surface area contributed by atoms with Gasteiger partial charge in [-0.3, -0.25) is 0 Å². The fourth-order valence-corrected chi connectivity index (χ4v) is 2.02. The summed E-state index contributed by atoms with van der Waals surface area (Å²) in [5.74, 6) is 0.664. The van der Waals surface area contributed by atoms with Gasteiger partial charge in [-0.2, -0.15) is 0 Å². The number of rotatable bonds is 1. The molecule has 0 saturated carbocycles. The Balaban J connectivity index is 2.05. The SMILES string of the molecule is NC1C=CC(C2C=CCCC2)=CC1. The average molecular weight is 175 g/mol. The quantitative estimate of drug-likeness (QED) is 0.609. The van der Waals surface area contributed by atoms with E-state index in [0.29, 0.717) is 5.92 Å². The van der Waals surface area contributed by atoms with Crippen molar-refractivity contribution in [2.75, 3.05) is 0 Å². The van der Waals surface area contributed by atoms with E-state index in [0.717, 1.165) is 6.42 Å². The summed E-state index contributed by atoms with van der Waals surface area (Å²) in [6, 6.07) is 0.247. The molecule has 0 spiro atoms. The van der Waals surface area contributed by atoms with Gasteiger partial charge in [0, 0.05) is 12.0 Å². The minimum absolute atomic E-state index is 0.247. The molecule has 1 nitrogen and oxygen atoms in total. The van der Waals surface area contributed by atoms with Gasteiger partial charge in [-0.25, -0.2) is 0 Å². The van der Waals surface area contributed by atoms with Gasteiger partial charge in [0.1, 0.15) is 0 Å². The van der Waals surface area contributed by atoms with Crippen molar-refractivity contribution in [2.45, 2.75) is 31.7 Å². The van der Waals surface area contributed by atoms with Crippen molar-refractivity contribution >= 4 is 0 Å². The second kappa shape index (κ2) is 3.93. The summed E-state index contributed by atoms with van der Waals surface area (Å²) in [7, 11) is 0. The van der Waals surface area contributed by atoms with Crippen LogP contribution in [0.2, 0.25) is 0 Å². The van der Waals surface area contributed by atoms with Gasteiger partial charge in [0.05, 0.1) is 0 Å². The first-order valence-electron chi connectivity index (χ1n) is 5.17. The van der Waals surface area contributed by atoms with Crippen LogP contribution in [-0.2, 0) is 0 Å². The highest BCUT2D eigenvalue weighted by molar-refractivity contribution is 5.30. The van der Waals surface area contributed by atoms with Gasteiger partial charge in [0.2, 0.25) is 0 Å². The van der Waals surface area contributed by atoms with Crippen molar-refractivity contribution in [1.29, 1.82) is 0 Å². The van der Waals surface area contributed by atoms with Gasteiger partial charge in [-0.05, 0) is 31.3 Å². The molecule has 2 atom stereocenters. The zero-order chi connectivity index (χ0) is 9.10. The molecule has 0 aliphatic heterocycles. The highest BCUT2D eigenvalue weighted by Gasteiger charge is 2.13. The zero-order valence-electron chi connectivity index (χ0n) is 7.95. The van der Waals surface area contributed by atoms with E-state index in [2.05, 4.69) is 30.4 Å². The van der Waals surface area contributed by atoms with E-state index in [4.69, 9.17) is 5.73 Å². The summed E-state index contributed by atoms with van der Waals surface area (Å²) in [4.78, 5) is 0. The summed E-state index contributed by atoms with van der Waals surface area (Å²) >= 11 is 0. The fourth-order valence-electron chi connectivity index (χ4n) is 2.02. The molecular weight excluding hydrogens is 158 g/mol. The van der Waals surface area contributed by atoms with Crippen molar-refractivity contribution in [3.63, 3.8) is 0 Å². The smallest absolute Gasteiger partial charge is 0.0262 e. The van der Waals surface area contributed by atoms with Crippen LogP contribution in [0, 0.1) is 5.92 Å². The Morgan fingerprint density at radius 1 is 1.31 bits per heavy atom. The molecule has 0 aromatic carbocycles. The molecule has 0 radical (unpaired) electrons. The molecule has 0 amide bonds. The normalized spacial score (nSPS) is 33.2. The maximum Gasteiger partial charge on any atom is 0.0262 e. The van der Waals surface area contributed by atoms with Crippen LogP contribution in [0.3, 0.4) is 0 Å². The molecule has 2 unspecified atom stereocenters. The second-order valence-electron chi connectivity index (χ2n) is 3.93. The molecule has 2 N–H and O–H groups in total. The second-order valence-corrected chi connectivity index (χ2v) is 3.93. The van der Waals surface area contributed by atoms with Gasteiger partial charge in [0.25, 0.3) is 0 Å². The first-order chi connectivity index (χ1) is 6.36. The van der Waals surface area contributed by atoms with Gasteiger partial charge < -0.3 is 5.73 Å². The first-order valence-corrected chi connectivity index (χ1v) is 5.17. The summed E-state index contributed by atoms with van der Waals surface area (Å²) in [6.07, 6.45) is 16.2. The van der Waals surface area contributed by atoms with Gasteiger partial charge in [0.15, 0.2) is 0 Å². The third-order valence-corrected chi connectivity index (χ3v) is 2.84. The van der Waals surface area contributed by atoms with Crippen LogP contribution in [0.15, 0.2) is 36.0 Å². The van der Waals surface area contributed by atoms with Crippen molar-refractivity contribution in [3.8, 4) is 0 Å². The van der Waals surface area contributed by atoms with E-state index >= 15 is 0 Å². The molecule has 0 saturated heterocycles. The Labute approximate surface area is 80.0 Å². The number of nitrogens with two attached hydrogens (primary N) is 1. The van der Waals surface area contributed by atoms with Crippen LogP contribution >= 0.6 is 0 Å². The van der Waals surface area contributed by atoms with Gasteiger partial charge in [-0.1, -0.05) is 30.4 Å². The predicted molar refractivity (Wildman–Crippen MR) is 56.3 cm³/mol. The van der Waals surface area contributed by atoms with E-state index in [9.17, 15) is 0 Å². The summed E-state index contributed by atoms with van der Waals surface area (Å²) in [5.41, 5.74) is 7.25. The molecule has 70 valence electrons. The molecule has 1 heteroatoms. The van der Waals surface area contributed by atoms with Crippen LogP contribution in [0.1, 0.15) is 25.7 Å². The minimum Gasteiger partial charge on any atom is -0.324 e. The Hall–Kier alpha value is -0.820. The maximum atomic E-state index is 5.78. The van der Waals surface area contributed by atoms with Crippen LogP contribution in [0.4, 0.5) is 0 Å². The van der Waals surface area contributed by atoms with E-state index in [1.54, 1.807) is 0 Å². The standard InChI is InChI=1S/C12H17N/c13-12-8-6-11(7-9-12)10-4-2-1-3-5-10/h2,4,6-8,10,12H,1,3,5,9,13H2.